The zero-order valence-corrected chi connectivity index (χ0v) is 10.8. The monoisotopic (exact) mass is 268 g/mol. The van der Waals surface area contributed by atoms with Gasteiger partial charge in [-0.25, -0.2) is 0 Å². The Morgan fingerprint density at radius 1 is 1.42 bits per heavy atom. The quantitative estimate of drug-likeness (QED) is 0.678. The van der Waals surface area contributed by atoms with Crippen molar-refractivity contribution in [2.24, 2.45) is 0 Å². The molecule has 1 rings (SSSR count). The molecule has 0 unspecified atom stereocenters. The Morgan fingerprint density at radius 3 is 2.79 bits per heavy atom. The van der Waals surface area contributed by atoms with Crippen LogP contribution in [0.3, 0.4) is 0 Å². The molecule has 2 N–H and O–H groups in total. The molecule has 0 bridgehead atoms. The first-order chi connectivity index (χ1) is 9.01. The average Bonchev–Trinajstić information content (AvgIpc) is 2.75. The number of carbonyl (C=O) groups is 3. The number of amides is 2. The van der Waals surface area contributed by atoms with Gasteiger partial charge in [0.15, 0.2) is 0 Å². The first-order valence-electron chi connectivity index (χ1n) is 5.65. The van der Waals surface area contributed by atoms with Gasteiger partial charge in [-0.1, -0.05) is 0 Å². The average molecular weight is 268 g/mol. The van der Waals surface area contributed by atoms with Gasteiger partial charge in [-0.3, -0.25) is 19.1 Å². The minimum absolute atomic E-state index is 0.0156. The minimum atomic E-state index is -0.424. The van der Waals surface area contributed by atoms with Crippen molar-refractivity contribution in [3.63, 3.8) is 0 Å². The van der Waals surface area contributed by atoms with Gasteiger partial charge in [-0.15, -0.1) is 0 Å². The van der Waals surface area contributed by atoms with Gasteiger partial charge in [0, 0.05) is 26.1 Å². The maximum atomic E-state index is 11.5. The van der Waals surface area contributed by atoms with Crippen LogP contribution in [0.25, 0.3) is 0 Å². The van der Waals surface area contributed by atoms with E-state index in [1.54, 1.807) is 0 Å². The van der Waals surface area contributed by atoms with E-state index in [1.807, 2.05) is 0 Å². The summed E-state index contributed by atoms with van der Waals surface area (Å²) >= 11 is 0. The maximum absolute atomic E-state index is 11.5. The predicted octanol–water partition coefficient (Wildman–Crippen LogP) is -0.479. The standard InChI is InChI=1S/C11H16N4O4/c1-8(16)12-4-3-10(17)14-9-5-13-15(6-9)7-11(18)19-2/h5-6H,3-4,7H2,1-2H3,(H,12,16)(H,14,17). The number of hydrogen-bond acceptors (Lipinski definition) is 5. The summed E-state index contributed by atoms with van der Waals surface area (Å²) in [5.41, 5.74) is 0.483. The molecule has 0 atom stereocenters. The normalized spacial score (nSPS) is 9.79. The van der Waals surface area contributed by atoms with Crippen molar-refractivity contribution in [1.82, 2.24) is 15.1 Å². The van der Waals surface area contributed by atoms with Crippen LogP contribution in [0.2, 0.25) is 0 Å². The topological polar surface area (TPSA) is 102 Å². The number of hydrogen-bond donors (Lipinski definition) is 2. The molecule has 1 aromatic heterocycles. The van der Waals surface area contributed by atoms with Crippen molar-refractivity contribution in [2.75, 3.05) is 19.0 Å². The Bertz CT molecular complexity index is 469. The van der Waals surface area contributed by atoms with E-state index in [2.05, 4.69) is 20.5 Å². The first kappa shape index (κ1) is 14.7. The van der Waals surface area contributed by atoms with Crippen LogP contribution in [-0.2, 0) is 25.7 Å². The van der Waals surface area contributed by atoms with Crippen molar-refractivity contribution in [1.29, 1.82) is 0 Å². The molecule has 0 aliphatic rings. The fraction of sp³-hybridized carbons (Fsp3) is 0.455. The number of anilines is 1. The molecule has 104 valence electrons. The van der Waals surface area contributed by atoms with Crippen LogP contribution in [0.15, 0.2) is 12.4 Å². The number of ether oxygens (including phenoxy) is 1. The molecular formula is C11H16N4O4. The number of esters is 1. The molecule has 0 aromatic carbocycles. The van der Waals surface area contributed by atoms with E-state index in [0.717, 1.165) is 0 Å². The van der Waals surface area contributed by atoms with Gasteiger partial charge < -0.3 is 15.4 Å². The van der Waals surface area contributed by atoms with E-state index < -0.39 is 5.97 Å². The number of nitrogens with one attached hydrogen (secondary N) is 2. The van der Waals surface area contributed by atoms with E-state index in [4.69, 9.17) is 0 Å². The maximum Gasteiger partial charge on any atom is 0.327 e. The third-order valence-electron chi connectivity index (χ3n) is 2.16. The lowest BCUT2D eigenvalue weighted by molar-refractivity contribution is -0.141. The van der Waals surface area contributed by atoms with Crippen LogP contribution < -0.4 is 10.6 Å². The van der Waals surface area contributed by atoms with Crippen LogP contribution in [0.4, 0.5) is 5.69 Å². The highest BCUT2D eigenvalue weighted by molar-refractivity contribution is 5.90. The van der Waals surface area contributed by atoms with E-state index in [0.29, 0.717) is 5.69 Å². The molecule has 8 nitrogen and oxygen atoms in total. The van der Waals surface area contributed by atoms with Gasteiger partial charge in [0.05, 0.1) is 19.0 Å². The van der Waals surface area contributed by atoms with Gasteiger partial charge in [-0.05, 0) is 0 Å². The number of carbonyl (C=O) groups excluding carboxylic acids is 3. The van der Waals surface area contributed by atoms with Crippen LogP contribution in [-0.4, -0.2) is 41.2 Å². The van der Waals surface area contributed by atoms with Crippen LogP contribution in [0.5, 0.6) is 0 Å². The van der Waals surface area contributed by atoms with Crippen molar-refractivity contribution >= 4 is 23.5 Å². The van der Waals surface area contributed by atoms with Crippen LogP contribution in [0.1, 0.15) is 13.3 Å². The van der Waals surface area contributed by atoms with Crippen molar-refractivity contribution in [2.45, 2.75) is 19.9 Å². The summed E-state index contributed by atoms with van der Waals surface area (Å²) in [5.74, 6) is -0.850. The summed E-state index contributed by atoms with van der Waals surface area (Å²) in [4.78, 5) is 33.1. The van der Waals surface area contributed by atoms with E-state index in [-0.39, 0.29) is 31.3 Å². The fourth-order valence-corrected chi connectivity index (χ4v) is 1.29. The second-order valence-electron chi connectivity index (χ2n) is 3.78. The highest BCUT2D eigenvalue weighted by Gasteiger charge is 2.07. The van der Waals surface area contributed by atoms with Gasteiger partial charge in [0.1, 0.15) is 6.54 Å². The highest BCUT2D eigenvalue weighted by atomic mass is 16.5. The molecular weight excluding hydrogens is 252 g/mol. The van der Waals surface area contributed by atoms with Gasteiger partial charge in [0.2, 0.25) is 11.8 Å². The van der Waals surface area contributed by atoms with Crippen LogP contribution >= 0.6 is 0 Å². The second-order valence-corrected chi connectivity index (χ2v) is 3.78. The van der Waals surface area contributed by atoms with E-state index in [9.17, 15) is 14.4 Å². The lowest BCUT2D eigenvalue weighted by Gasteiger charge is -2.03. The molecule has 19 heavy (non-hydrogen) atoms. The van der Waals surface area contributed by atoms with Crippen LogP contribution in [0, 0.1) is 0 Å². The van der Waals surface area contributed by atoms with E-state index >= 15 is 0 Å². The van der Waals surface area contributed by atoms with Gasteiger partial charge in [0.25, 0.3) is 0 Å². The zero-order valence-electron chi connectivity index (χ0n) is 10.8. The molecule has 0 saturated heterocycles. The summed E-state index contributed by atoms with van der Waals surface area (Å²) in [6, 6.07) is 0. The second kappa shape index (κ2) is 7.14. The largest absolute Gasteiger partial charge is 0.468 e. The summed E-state index contributed by atoms with van der Waals surface area (Å²) in [6.07, 6.45) is 3.12. The molecule has 1 aromatic rings. The lowest BCUT2D eigenvalue weighted by atomic mass is 10.4. The summed E-state index contributed by atoms with van der Waals surface area (Å²) in [7, 11) is 1.29. The number of aromatic nitrogens is 2. The number of nitrogens with zero attached hydrogens (tertiary/aromatic N) is 2. The summed E-state index contributed by atoms with van der Waals surface area (Å²) in [5, 5.41) is 9.02. The lowest BCUT2D eigenvalue weighted by Crippen LogP contribution is -2.25. The molecule has 0 radical (unpaired) electrons. The van der Waals surface area contributed by atoms with Crippen molar-refractivity contribution < 1.29 is 19.1 Å². The summed E-state index contributed by atoms with van der Waals surface area (Å²) in [6.45, 7) is 1.64. The van der Waals surface area contributed by atoms with Crippen molar-refractivity contribution in [3.8, 4) is 0 Å². The minimum Gasteiger partial charge on any atom is -0.468 e. The third-order valence-corrected chi connectivity index (χ3v) is 2.16. The molecule has 0 aliphatic carbocycles. The highest BCUT2D eigenvalue weighted by Crippen LogP contribution is 2.05. The van der Waals surface area contributed by atoms with Gasteiger partial charge in [-0.2, -0.15) is 5.10 Å². The van der Waals surface area contributed by atoms with Crippen molar-refractivity contribution in [3.05, 3.63) is 12.4 Å². The molecule has 0 spiro atoms. The van der Waals surface area contributed by atoms with Gasteiger partial charge >= 0.3 is 5.97 Å². The molecule has 0 fully saturated rings. The molecule has 1 heterocycles. The Balaban J connectivity index is 2.38. The Morgan fingerprint density at radius 2 is 2.16 bits per heavy atom. The SMILES string of the molecule is COC(=O)Cn1cc(NC(=O)CCNC(C)=O)cn1. The zero-order chi connectivity index (χ0) is 14.3. The molecule has 0 saturated carbocycles. The molecule has 8 heteroatoms. The molecule has 2 amide bonds. The smallest absolute Gasteiger partial charge is 0.327 e. The summed E-state index contributed by atoms with van der Waals surface area (Å²) < 4.78 is 5.85. The Kier molecular flexibility index (Phi) is 5.52. The fourth-order valence-electron chi connectivity index (χ4n) is 1.29. The number of rotatable bonds is 6. The number of methoxy groups -OCH3 is 1. The molecule has 0 aliphatic heterocycles. The third kappa shape index (κ3) is 5.66. The Labute approximate surface area is 110 Å². The van der Waals surface area contributed by atoms with E-state index in [1.165, 1.54) is 31.1 Å². The predicted molar refractivity (Wildman–Crippen MR) is 66.2 cm³/mol. The first-order valence-corrected chi connectivity index (χ1v) is 5.65. The Hall–Kier alpha value is -2.38.